The maximum atomic E-state index is 12.9. The Kier molecular flexibility index (Phi) is 5.88. The summed E-state index contributed by atoms with van der Waals surface area (Å²) in [6.07, 6.45) is 6.77. The first-order chi connectivity index (χ1) is 14.6. The van der Waals surface area contributed by atoms with Crippen molar-refractivity contribution in [2.24, 2.45) is 5.92 Å². The molecule has 1 aliphatic heterocycles. The molecule has 1 aliphatic carbocycles. The topological polar surface area (TPSA) is 61.8 Å². The molecule has 1 saturated carbocycles. The van der Waals surface area contributed by atoms with Gasteiger partial charge in [-0.15, -0.1) is 0 Å². The van der Waals surface area contributed by atoms with Gasteiger partial charge >= 0.3 is 5.97 Å². The van der Waals surface area contributed by atoms with Crippen molar-refractivity contribution in [3.8, 4) is 17.2 Å². The van der Waals surface area contributed by atoms with E-state index in [9.17, 15) is 9.59 Å². The highest BCUT2D eigenvalue weighted by molar-refractivity contribution is 6.15. The zero-order valence-corrected chi connectivity index (χ0v) is 17.4. The van der Waals surface area contributed by atoms with Crippen LogP contribution in [0.5, 0.6) is 17.2 Å². The van der Waals surface area contributed by atoms with Crippen LogP contribution in [0, 0.1) is 12.8 Å². The second-order valence-corrected chi connectivity index (χ2v) is 7.78. The van der Waals surface area contributed by atoms with Gasteiger partial charge in [-0.2, -0.15) is 0 Å². The molecular weight excluding hydrogens is 380 g/mol. The van der Waals surface area contributed by atoms with Gasteiger partial charge in [0.25, 0.3) is 0 Å². The zero-order valence-electron chi connectivity index (χ0n) is 17.4. The van der Waals surface area contributed by atoms with Gasteiger partial charge in [0.15, 0.2) is 5.76 Å². The minimum absolute atomic E-state index is 0.0413. The minimum atomic E-state index is -0.195. The third-order valence-electron chi connectivity index (χ3n) is 5.61. The van der Waals surface area contributed by atoms with Gasteiger partial charge in [-0.05, 0) is 50.5 Å². The summed E-state index contributed by atoms with van der Waals surface area (Å²) in [7, 11) is 0. The Labute approximate surface area is 176 Å². The predicted molar refractivity (Wildman–Crippen MR) is 114 cm³/mol. The largest absolute Gasteiger partial charge is 0.493 e. The van der Waals surface area contributed by atoms with Crippen LogP contribution >= 0.6 is 0 Å². The molecule has 0 aromatic heterocycles. The molecule has 0 saturated heterocycles. The van der Waals surface area contributed by atoms with Gasteiger partial charge in [0.2, 0.25) is 5.78 Å². The highest BCUT2D eigenvalue weighted by atomic mass is 16.5. The lowest BCUT2D eigenvalue weighted by atomic mass is 9.89. The second-order valence-electron chi connectivity index (χ2n) is 7.78. The van der Waals surface area contributed by atoms with Crippen LogP contribution in [0.15, 0.2) is 42.2 Å². The Morgan fingerprint density at radius 1 is 1.17 bits per heavy atom. The average molecular weight is 406 g/mol. The molecule has 0 N–H and O–H groups in total. The quantitative estimate of drug-likeness (QED) is 0.373. The van der Waals surface area contributed by atoms with Gasteiger partial charge < -0.3 is 14.2 Å². The Bertz CT molecular complexity index is 999. The molecule has 2 aliphatic rings. The molecule has 0 radical (unpaired) electrons. The highest BCUT2D eigenvalue weighted by Crippen LogP contribution is 2.38. The van der Waals surface area contributed by atoms with E-state index in [2.05, 4.69) is 0 Å². The second kappa shape index (κ2) is 8.74. The summed E-state index contributed by atoms with van der Waals surface area (Å²) in [5, 5.41) is 0. The first-order valence-corrected chi connectivity index (χ1v) is 10.6. The fourth-order valence-corrected chi connectivity index (χ4v) is 4.10. The summed E-state index contributed by atoms with van der Waals surface area (Å²) in [5.74, 6) is 1.35. The zero-order chi connectivity index (χ0) is 21.1. The van der Waals surface area contributed by atoms with Crippen molar-refractivity contribution in [3.63, 3.8) is 0 Å². The molecule has 5 nitrogen and oxygen atoms in total. The fraction of sp³-hybridized carbons (Fsp3) is 0.360. The number of hydrogen-bond donors (Lipinski definition) is 0. The number of carbonyl (C=O) groups excluding carboxylic acids is 2. The van der Waals surface area contributed by atoms with Crippen LogP contribution in [0.1, 0.15) is 60.5 Å². The van der Waals surface area contributed by atoms with Gasteiger partial charge in [-0.25, -0.2) is 0 Å². The van der Waals surface area contributed by atoms with Crippen LogP contribution in [0.25, 0.3) is 6.08 Å². The molecule has 2 aromatic carbocycles. The maximum absolute atomic E-state index is 12.9. The number of carbonyl (C=O) groups is 2. The molecule has 30 heavy (non-hydrogen) atoms. The number of benzene rings is 2. The minimum Gasteiger partial charge on any atom is -0.493 e. The van der Waals surface area contributed by atoms with Crippen molar-refractivity contribution in [1.82, 2.24) is 0 Å². The van der Waals surface area contributed by atoms with E-state index in [0.29, 0.717) is 29.4 Å². The lowest BCUT2D eigenvalue weighted by Crippen LogP contribution is -2.22. The number of allylic oxidation sites excluding steroid dienone is 1. The van der Waals surface area contributed by atoms with E-state index in [0.717, 1.165) is 36.8 Å². The maximum Gasteiger partial charge on any atom is 0.314 e. The monoisotopic (exact) mass is 406 g/mol. The number of para-hydroxylation sites is 1. The molecule has 0 unspecified atom stereocenters. The lowest BCUT2D eigenvalue weighted by Gasteiger charge is -2.20. The van der Waals surface area contributed by atoms with Crippen molar-refractivity contribution in [2.75, 3.05) is 6.61 Å². The van der Waals surface area contributed by atoms with E-state index in [1.165, 1.54) is 6.42 Å². The summed E-state index contributed by atoms with van der Waals surface area (Å²) in [6, 6.07) is 10.9. The number of hydrogen-bond acceptors (Lipinski definition) is 5. The first-order valence-electron chi connectivity index (χ1n) is 10.6. The molecule has 2 aromatic rings. The summed E-state index contributed by atoms with van der Waals surface area (Å²) in [6.45, 7) is 4.27. The molecule has 4 rings (SSSR count). The van der Waals surface area contributed by atoms with Crippen LogP contribution < -0.4 is 14.2 Å². The summed E-state index contributed by atoms with van der Waals surface area (Å²) < 4.78 is 17.1. The molecule has 0 atom stereocenters. The molecule has 0 spiro atoms. The molecule has 0 bridgehead atoms. The van der Waals surface area contributed by atoms with Crippen LogP contribution in [0.2, 0.25) is 0 Å². The van der Waals surface area contributed by atoms with E-state index in [1.807, 2.05) is 38.1 Å². The van der Waals surface area contributed by atoms with E-state index in [4.69, 9.17) is 14.2 Å². The van der Waals surface area contributed by atoms with Crippen molar-refractivity contribution >= 4 is 17.8 Å². The third-order valence-corrected chi connectivity index (χ3v) is 5.61. The molecule has 156 valence electrons. The normalized spacial score (nSPS) is 17.5. The summed E-state index contributed by atoms with van der Waals surface area (Å²) in [5.41, 5.74) is 2.01. The van der Waals surface area contributed by atoms with Crippen LogP contribution in [-0.2, 0) is 4.79 Å². The van der Waals surface area contributed by atoms with E-state index >= 15 is 0 Å². The Morgan fingerprint density at radius 3 is 2.70 bits per heavy atom. The number of Topliss-reactive ketones (excluding diaryl/α,β-unsaturated/α-hetero) is 1. The average Bonchev–Trinajstić information content (AvgIpc) is 3.06. The fourth-order valence-electron chi connectivity index (χ4n) is 4.10. The van der Waals surface area contributed by atoms with Gasteiger partial charge in [0, 0.05) is 11.6 Å². The summed E-state index contributed by atoms with van der Waals surface area (Å²) >= 11 is 0. The van der Waals surface area contributed by atoms with Crippen molar-refractivity contribution in [3.05, 3.63) is 58.8 Å². The Hall–Kier alpha value is -3.08. The van der Waals surface area contributed by atoms with Gasteiger partial charge in [0.05, 0.1) is 18.1 Å². The van der Waals surface area contributed by atoms with E-state index < -0.39 is 0 Å². The Balaban J connectivity index is 1.57. The Morgan fingerprint density at radius 2 is 1.93 bits per heavy atom. The van der Waals surface area contributed by atoms with Crippen molar-refractivity contribution in [2.45, 2.75) is 46.0 Å². The number of ketones is 1. The SMILES string of the molecule is CCOc1ccccc1/C=C1\Oc2cc(OC(=O)C3CCCCC3)cc(C)c2C1=O. The molecule has 0 amide bonds. The van der Waals surface area contributed by atoms with Gasteiger partial charge in [-0.3, -0.25) is 9.59 Å². The lowest BCUT2D eigenvalue weighted by molar-refractivity contribution is -0.139. The summed E-state index contributed by atoms with van der Waals surface area (Å²) in [4.78, 5) is 25.4. The smallest absolute Gasteiger partial charge is 0.314 e. The number of fused-ring (bicyclic) bond motifs is 1. The standard InChI is InChI=1S/C25H26O5/c1-3-28-20-12-8-7-11-18(20)14-22-24(26)23-16(2)13-19(15-21(23)30-22)29-25(27)17-9-5-4-6-10-17/h7-8,11-15,17H,3-6,9-10H2,1-2H3/b22-14-. The predicted octanol–water partition coefficient (Wildman–Crippen LogP) is 5.50. The van der Waals surface area contributed by atoms with Gasteiger partial charge in [-0.1, -0.05) is 37.5 Å². The number of rotatable bonds is 5. The molecule has 5 heteroatoms. The number of aryl methyl sites for hydroxylation is 1. The van der Waals surface area contributed by atoms with Gasteiger partial charge in [0.1, 0.15) is 17.2 Å². The van der Waals surface area contributed by atoms with Crippen LogP contribution in [0.4, 0.5) is 0 Å². The van der Waals surface area contributed by atoms with Crippen molar-refractivity contribution in [1.29, 1.82) is 0 Å². The molecule has 1 fully saturated rings. The number of ether oxygens (including phenoxy) is 3. The van der Waals surface area contributed by atoms with Crippen LogP contribution in [-0.4, -0.2) is 18.4 Å². The highest BCUT2D eigenvalue weighted by Gasteiger charge is 2.31. The molecule has 1 heterocycles. The third kappa shape index (κ3) is 4.11. The first kappa shape index (κ1) is 20.2. The van der Waals surface area contributed by atoms with E-state index in [-0.39, 0.29) is 23.4 Å². The number of esters is 1. The molecular formula is C25H26O5. The van der Waals surface area contributed by atoms with E-state index in [1.54, 1.807) is 18.2 Å². The van der Waals surface area contributed by atoms with Crippen molar-refractivity contribution < 1.29 is 23.8 Å². The van der Waals surface area contributed by atoms with Crippen LogP contribution in [0.3, 0.4) is 0 Å².